The Kier molecular flexibility index (Phi) is 3.14. The number of rotatable bonds is 3. The van der Waals surface area contributed by atoms with Crippen molar-refractivity contribution in [3.63, 3.8) is 0 Å². The van der Waals surface area contributed by atoms with Crippen molar-refractivity contribution in [2.75, 3.05) is 7.05 Å². The van der Waals surface area contributed by atoms with Crippen molar-refractivity contribution in [3.05, 3.63) is 35.2 Å². The summed E-state index contributed by atoms with van der Waals surface area (Å²) in [6, 6.07) is 2.01. The molecule has 0 aromatic carbocycles. The van der Waals surface area contributed by atoms with Crippen LogP contribution in [0.5, 0.6) is 0 Å². The lowest BCUT2D eigenvalue weighted by Crippen LogP contribution is -2.23. The number of aryl methyl sites for hydroxylation is 3. The molecule has 1 N–H and O–H groups in total. The summed E-state index contributed by atoms with van der Waals surface area (Å²) >= 11 is 0. The standard InChI is InChI=1S/C11H16N6/c1-7-5-9(8(2)16-15-7)10(12-3)11-13-6-14-17(11)4/h5-6,10,12H,1-4H3. The van der Waals surface area contributed by atoms with Gasteiger partial charge in [0, 0.05) is 12.6 Å². The minimum absolute atomic E-state index is 0.0169. The molecule has 6 nitrogen and oxygen atoms in total. The Morgan fingerprint density at radius 3 is 2.65 bits per heavy atom. The van der Waals surface area contributed by atoms with Crippen LogP contribution in [0, 0.1) is 13.8 Å². The molecule has 17 heavy (non-hydrogen) atoms. The van der Waals surface area contributed by atoms with Crippen LogP contribution in [0.25, 0.3) is 0 Å². The van der Waals surface area contributed by atoms with E-state index in [1.165, 1.54) is 0 Å². The average Bonchev–Trinajstić information content (AvgIpc) is 2.71. The highest BCUT2D eigenvalue weighted by atomic mass is 15.3. The van der Waals surface area contributed by atoms with Gasteiger partial charge in [0.05, 0.1) is 17.4 Å². The molecule has 0 fully saturated rings. The zero-order valence-corrected chi connectivity index (χ0v) is 10.5. The van der Waals surface area contributed by atoms with Crippen LogP contribution in [-0.2, 0) is 7.05 Å². The number of nitrogens with one attached hydrogen (secondary N) is 1. The third-order valence-electron chi connectivity index (χ3n) is 2.74. The van der Waals surface area contributed by atoms with Crippen LogP contribution < -0.4 is 5.32 Å². The molecule has 0 aliphatic rings. The summed E-state index contributed by atoms with van der Waals surface area (Å²) in [5.74, 6) is 0.864. The Morgan fingerprint density at radius 1 is 1.29 bits per heavy atom. The second-order valence-electron chi connectivity index (χ2n) is 3.99. The smallest absolute Gasteiger partial charge is 0.148 e. The average molecular weight is 232 g/mol. The molecule has 0 amide bonds. The van der Waals surface area contributed by atoms with Gasteiger partial charge < -0.3 is 5.32 Å². The van der Waals surface area contributed by atoms with Crippen molar-refractivity contribution in [1.29, 1.82) is 0 Å². The lowest BCUT2D eigenvalue weighted by Gasteiger charge is -2.17. The Morgan fingerprint density at radius 2 is 2.06 bits per heavy atom. The molecule has 2 aromatic rings. The quantitative estimate of drug-likeness (QED) is 0.836. The first kappa shape index (κ1) is 11.7. The Labute approximate surface area is 100 Å². The van der Waals surface area contributed by atoms with E-state index in [9.17, 15) is 0 Å². The van der Waals surface area contributed by atoms with E-state index in [2.05, 4.69) is 25.6 Å². The van der Waals surface area contributed by atoms with Gasteiger partial charge in [-0.25, -0.2) is 4.98 Å². The second kappa shape index (κ2) is 4.58. The van der Waals surface area contributed by atoms with Crippen molar-refractivity contribution in [3.8, 4) is 0 Å². The minimum Gasteiger partial charge on any atom is -0.307 e. The lowest BCUT2D eigenvalue weighted by atomic mass is 10.0. The van der Waals surface area contributed by atoms with E-state index in [-0.39, 0.29) is 6.04 Å². The van der Waals surface area contributed by atoms with E-state index in [0.29, 0.717) is 0 Å². The maximum atomic E-state index is 4.28. The van der Waals surface area contributed by atoms with Crippen LogP contribution in [-0.4, -0.2) is 32.0 Å². The van der Waals surface area contributed by atoms with Crippen molar-refractivity contribution in [2.24, 2.45) is 7.05 Å². The first-order valence-electron chi connectivity index (χ1n) is 5.45. The zero-order chi connectivity index (χ0) is 12.4. The monoisotopic (exact) mass is 232 g/mol. The van der Waals surface area contributed by atoms with Crippen LogP contribution in [0.4, 0.5) is 0 Å². The fraction of sp³-hybridized carbons (Fsp3) is 0.455. The summed E-state index contributed by atoms with van der Waals surface area (Å²) < 4.78 is 1.76. The first-order valence-corrected chi connectivity index (χ1v) is 5.45. The molecule has 6 heteroatoms. The molecule has 0 saturated carbocycles. The summed E-state index contributed by atoms with van der Waals surface area (Å²) in [6.07, 6.45) is 1.55. The fourth-order valence-corrected chi connectivity index (χ4v) is 1.85. The lowest BCUT2D eigenvalue weighted by molar-refractivity contribution is 0.584. The molecule has 0 radical (unpaired) electrons. The maximum Gasteiger partial charge on any atom is 0.148 e. The molecule has 1 unspecified atom stereocenters. The van der Waals surface area contributed by atoms with Crippen molar-refractivity contribution < 1.29 is 0 Å². The predicted octanol–water partition coefficient (Wildman–Crippen LogP) is 0.531. The Hall–Kier alpha value is -1.82. The first-order chi connectivity index (χ1) is 8.13. The van der Waals surface area contributed by atoms with Crippen molar-refractivity contribution >= 4 is 0 Å². The molecule has 0 saturated heterocycles. The fourth-order valence-electron chi connectivity index (χ4n) is 1.85. The SMILES string of the molecule is CNC(c1cc(C)nnc1C)c1ncnn1C. The van der Waals surface area contributed by atoms with Gasteiger partial charge in [-0.3, -0.25) is 4.68 Å². The van der Waals surface area contributed by atoms with Crippen LogP contribution >= 0.6 is 0 Å². The van der Waals surface area contributed by atoms with Gasteiger partial charge in [0.2, 0.25) is 0 Å². The van der Waals surface area contributed by atoms with E-state index in [0.717, 1.165) is 22.8 Å². The van der Waals surface area contributed by atoms with Gasteiger partial charge in [0.25, 0.3) is 0 Å². The third kappa shape index (κ3) is 2.16. The van der Waals surface area contributed by atoms with Gasteiger partial charge in [-0.1, -0.05) is 0 Å². The summed E-state index contributed by atoms with van der Waals surface area (Å²) in [6.45, 7) is 3.88. The molecule has 1 atom stereocenters. The normalized spacial score (nSPS) is 12.7. The van der Waals surface area contributed by atoms with E-state index in [1.54, 1.807) is 11.0 Å². The Balaban J connectivity index is 2.49. The van der Waals surface area contributed by atoms with E-state index < -0.39 is 0 Å². The highest BCUT2D eigenvalue weighted by molar-refractivity contribution is 5.28. The van der Waals surface area contributed by atoms with Gasteiger partial charge in [-0.2, -0.15) is 15.3 Å². The second-order valence-corrected chi connectivity index (χ2v) is 3.99. The molecule has 0 aliphatic carbocycles. The predicted molar refractivity (Wildman–Crippen MR) is 63.4 cm³/mol. The van der Waals surface area contributed by atoms with E-state index in [4.69, 9.17) is 0 Å². The van der Waals surface area contributed by atoms with Crippen LogP contribution in [0.15, 0.2) is 12.4 Å². The molecule has 0 aliphatic heterocycles. The zero-order valence-electron chi connectivity index (χ0n) is 10.5. The van der Waals surface area contributed by atoms with Gasteiger partial charge in [0.15, 0.2) is 0 Å². The van der Waals surface area contributed by atoms with Gasteiger partial charge in [0.1, 0.15) is 12.2 Å². The molecule has 0 bridgehead atoms. The van der Waals surface area contributed by atoms with Crippen LogP contribution in [0.3, 0.4) is 0 Å². The minimum atomic E-state index is -0.0169. The highest BCUT2D eigenvalue weighted by Crippen LogP contribution is 2.21. The van der Waals surface area contributed by atoms with Crippen molar-refractivity contribution in [2.45, 2.75) is 19.9 Å². The maximum absolute atomic E-state index is 4.28. The Bertz CT molecular complexity index is 518. The largest absolute Gasteiger partial charge is 0.307 e. The van der Waals surface area contributed by atoms with Crippen LogP contribution in [0.1, 0.15) is 28.8 Å². The van der Waals surface area contributed by atoms with E-state index in [1.807, 2.05) is 34.0 Å². The number of hydrogen-bond donors (Lipinski definition) is 1. The summed E-state index contributed by atoms with van der Waals surface area (Å²) in [5, 5.41) is 15.5. The number of hydrogen-bond acceptors (Lipinski definition) is 5. The third-order valence-corrected chi connectivity index (χ3v) is 2.74. The number of nitrogens with zero attached hydrogens (tertiary/aromatic N) is 5. The molecular weight excluding hydrogens is 216 g/mol. The van der Waals surface area contributed by atoms with Gasteiger partial charge in [-0.15, -0.1) is 0 Å². The van der Waals surface area contributed by atoms with Gasteiger partial charge in [-0.05, 0) is 27.0 Å². The number of aromatic nitrogens is 5. The molecule has 0 spiro atoms. The highest BCUT2D eigenvalue weighted by Gasteiger charge is 2.19. The topological polar surface area (TPSA) is 68.5 Å². The van der Waals surface area contributed by atoms with Crippen molar-refractivity contribution in [1.82, 2.24) is 30.3 Å². The molecule has 2 heterocycles. The van der Waals surface area contributed by atoms with Crippen LogP contribution in [0.2, 0.25) is 0 Å². The summed E-state index contributed by atoms with van der Waals surface area (Å²) in [4.78, 5) is 4.28. The summed E-state index contributed by atoms with van der Waals surface area (Å²) in [7, 11) is 3.78. The van der Waals surface area contributed by atoms with E-state index >= 15 is 0 Å². The summed E-state index contributed by atoms with van der Waals surface area (Å²) in [5.41, 5.74) is 2.88. The molecule has 90 valence electrons. The molecular formula is C11H16N6. The molecule has 2 aromatic heterocycles. The molecule has 2 rings (SSSR count). The van der Waals surface area contributed by atoms with Gasteiger partial charge >= 0.3 is 0 Å².